The van der Waals surface area contributed by atoms with Gasteiger partial charge >= 0.3 is 0 Å². The number of carbonyl (C=O) groups excluding carboxylic acids is 2. The second-order valence-corrected chi connectivity index (χ2v) is 7.73. The zero-order chi connectivity index (χ0) is 18.1. The second-order valence-electron chi connectivity index (χ2n) is 6.72. The Bertz CT molecular complexity index is 833. The third-order valence-electron chi connectivity index (χ3n) is 5.05. The fourth-order valence-electron chi connectivity index (χ4n) is 3.65. The van der Waals surface area contributed by atoms with Gasteiger partial charge in [0.25, 0.3) is 0 Å². The summed E-state index contributed by atoms with van der Waals surface area (Å²) in [4.78, 5) is 29.7. The normalized spacial score (nSPS) is 21.6. The van der Waals surface area contributed by atoms with Crippen LogP contribution in [0.25, 0.3) is 0 Å². The summed E-state index contributed by atoms with van der Waals surface area (Å²) in [6.45, 7) is 1.20. The summed E-state index contributed by atoms with van der Waals surface area (Å²) >= 11 is 1.52. The lowest BCUT2D eigenvalue weighted by molar-refractivity contribution is -0.130. The fraction of sp³-hybridized carbons (Fsp3) is 0.300. The zero-order valence-corrected chi connectivity index (χ0v) is 16.4. The summed E-state index contributed by atoms with van der Waals surface area (Å²) in [6, 6.07) is 17.7. The number of hydrogen-bond donors (Lipinski definition) is 1. The van der Waals surface area contributed by atoms with Crippen molar-refractivity contribution in [1.29, 1.82) is 0 Å². The molecule has 2 amide bonds. The summed E-state index contributed by atoms with van der Waals surface area (Å²) < 4.78 is 0. The molecule has 0 bridgehead atoms. The van der Waals surface area contributed by atoms with Crippen LogP contribution in [0.5, 0.6) is 0 Å². The van der Waals surface area contributed by atoms with E-state index in [0.717, 1.165) is 16.1 Å². The molecule has 7 heteroatoms. The van der Waals surface area contributed by atoms with Gasteiger partial charge in [0.05, 0.1) is 11.4 Å². The van der Waals surface area contributed by atoms with E-state index < -0.39 is 0 Å². The summed E-state index contributed by atoms with van der Waals surface area (Å²) in [5.74, 6) is 0.440. The van der Waals surface area contributed by atoms with Crippen LogP contribution >= 0.6 is 24.2 Å². The topological polar surface area (TPSA) is 66.6 Å². The summed E-state index contributed by atoms with van der Waals surface area (Å²) in [5.41, 5.74) is 8.28. The summed E-state index contributed by atoms with van der Waals surface area (Å²) in [5, 5.41) is 0. The number of carbonyl (C=O) groups is 2. The standard InChI is InChI=1S/C20H21N3O2S.ClH/c21-16-11-22(10-15(16)14-6-2-1-3-7-14)19(24)12-23-17-8-4-5-9-18(17)26-13-20(23)25;/h1-9,15-16H,10-13,21H2;1H/t15-,16+;/m0./s1. The number of likely N-dealkylation sites (tertiary alicyclic amines) is 1. The molecule has 0 unspecified atom stereocenters. The van der Waals surface area contributed by atoms with Crippen LogP contribution in [-0.2, 0) is 9.59 Å². The smallest absolute Gasteiger partial charge is 0.242 e. The first-order valence-electron chi connectivity index (χ1n) is 8.74. The maximum absolute atomic E-state index is 12.9. The summed E-state index contributed by atoms with van der Waals surface area (Å²) in [7, 11) is 0. The van der Waals surface area contributed by atoms with E-state index in [0.29, 0.717) is 18.8 Å². The average Bonchev–Trinajstić information content (AvgIpc) is 3.06. The van der Waals surface area contributed by atoms with Crippen LogP contribution in [0.2, 0.25) is 0 Å². The Hall–Kier alpha value is -2.02. The van der Waals surface area contributed by atoms with E-state index in [1.54, 1.807) is 9.80 Å². The van der Waals surface area contributed by atoms with Crippen molar-refractivity contribution < 1.29 is 9.59 Å². The first-order chi connectivity index (χ1) is 12.6. The van der Waals surface area contributed by atoms with E-state index in [1.165, 1.54) is 11.8 Å². The van der Waals surface area contributed by atoms with Gasteiger partial charge in [-0.1, -0.05) is 42.5 Å². The van der Waals surface area contributed by atoms with Crippen molar-refractivity contribution in [2.75, 3.05) is 30.3 Å². The number of amides is 2. The van der Waals surface area contributed by atoms with Crippen molar-refractivity contribution >= 4 is 41.7 Å². The molecule has 2 aromatic rings. The largest absolute Gasteiger partial charge is 0.339 e. The Balaban J connectivity index is 0.00000210. The van der Waals surface area contributed by atoms with Crippen molar-refractivity contribution in [3.63, 3.8) is 0 Å². The third kappa shape index (κ3) is 3.98. The first kappa shape index (κ1) is 19.7. The predicted molar refractivity (Wildman–Crippen MR) is 111 cm³/mol. The first-order valence-corrected chi connectivity index (χ1v) is 9.72. The van der Waals surface area contributed by atoms with Crippen LogP contribution in [0.15, 0.2) is 59.5 Å². The fourth-order valence-corrected chi connectivity index (χ4v) is 4.58. The lowest BCUT2D eigenvalue weighted by Gasteiger charge is -2.30. The number of halogens is 1. The van der Waals surface area contributed by atoms with Crippen molar-refractivity contribution in [1.82, 2.24) is 4.90 Å². The van der Waals surface area contributed by atoms with Crippen molar-refractivity contribution in [2.24, 2.45) is 5.73 Å². The third-order valence-corrected chi connectivity index (χ3v) is 6.09. The monoisotopic (exact) mass is 403 g/mol. The number of benzene rings is 2. The van der Waals surface area contributed by atoms with E-state index in [2.05, 4.69) is 12.1 Å². The minimum Gasteiger partial charge on any atom is -0.339 e. The van der Waals surface area contributed by atoms with Gasteiger partial charge in [-0.25, -0.2) is 0 Å². The number of nitrogens with zero attached hydrogens (tertiary/aromatic N) is 2. The molecule has 0 saturated carbocycles. The molecule has 142 valence electrons. The lowest BCUT2D eigenvalue weighted by atomic mass is 9.95. The molecule has 2 aliphatic rings. The predicted octanol–water partition coefficient (Wildman–Crippen LogP) is 2.50. The van der Waals surface area contributed by atoms with Crippen LogP contribution in [0.4, 0.5) is 5.69 Å². The molecule has 2 N–H and O–H groups in total. The van der Waals surface area contributed by atoms with Gasteiger partial charge in [-0.3, -0.25) is 9.59 Å². The molecule has 4 rings (SSSR count). The SMILES string of the molecule is Cl.N[C@@H]1CN(C(=O)CN2C(=O)CSc3ccccc32)C[C@H]1c1ccccc1. The molecular weight excluding hydrogens is 382 g/mol. The molecule has 0 aromatic heterocycles. The Morgan fingerprint density at radius 1 is 1.07 bits per heavy atom. The van der Waals surface area contributed by atoms with Crippen molar-refractivity contribution in [2.45, 2.75) is 16.9 Å². The number of hydrogen-bond acceptors (Lipinski definition) is 4. The van der Waals surface area contributed by atoms with Gasteiger partial charge in [0, 0.05) is 29.9 Å². The molecule has 2 aliphatic heterocycles. The number of anilines is 1. The van der Waals surface area contributed by atoms with Gasteiger partial charge in [-0.15, -0.1) is 24.2 Å². The van der Waals surface area contributed by atoms with E-state index >= 15 is 0 Å². The quantitative estimate of drug-likeness (QED) is 0.855. The van der Waals surface area contributed by atoms with Crippen LogP contribution in [0.1, 0.15) is 11.5 Å². The minimum absolute atomic E-state index is 0. The Morgan fingerprint density at radius 3 is 2.56 bits per heavy atom. The van der Waals surface area contributed by atoms with Gasteiger partial charge in [0.15, 0.2) is 0 Å². The maximum atomic E-state index is 12.9. The van der Waals surface area contributed by atoms with Crippen molar-refractivity contribution in [3.8, 4) is 0 Å². The number of para-hydroxylation sites is 1. The Kier molecular flexibility index (Phi) is 6.09. The molecule has 27 heavy (non-hydrogen) atoms. The van der Waals surface area contributed by atoms with Gasteiger partial charge < -0.3 is 15.5 Å². The maximum Gasteiger partial charge on any atom is 0.242 e. The Labute approximate surface area is 169 Å². The molecule has 2 heterocycles. The van der Waals surface area contributed by atoms with Crippen LogP contribution in [0, 0.1) is 0 Å². The molecule has 2 aromatic carbocycles. The molecule has 1 saturated heterocycles. The molecule has 0 spiro atoms. The summed E-state index contributed by atoms with van der Waals surface area (Å²) in [6.07, 6.45) is 0. The number of rotatable bonds is 3. The highest BCUT2D eigenvalue weighted by Gasteiger charge is 2.35. The lowest BCUT2D eigenvalue weighted by Crippen LogP contribution is -2.44. The van der Waals surface area contributed by atoms with E-state index in [1.807, 2.05) is 42.5 Å². The highest BCUT2D eigenvalue weighted by Crippen LogP contribution is 2.35. The molecule has 1 fully saturated rings. The molecule has 2 atom stereocenters. The molecule has 0 aliphatic carbocycles. The number of fused-ring (bicyclic) bond motifs is 1. The van der Waals surface area contributed by atoms with Gasteiger partial charge in [0.2, 0.25) is 11.8 Å². The van der Waals surface area contributed by atoms with Crippen molar-refractivity contribution in [3.05, 3.63) is 60.2 Å². The average molecular weight is 404 g/mol. The Morgan fingerprint density at radius 2 is 1.78 bits per heavy atom. The van der Waals surface area contributed by atoms with Crippen LogP contribution in [-0.4, -0.2) is 48.1 Å². The molecule has 5 nitrogen and oxygen atoms in total. The van der Waals surface area contributed by atoms with E-state index in [4.69, 9.17) is 5.73 Å². The highest BCUT2D eigenvalue weighted by atomic mass is 35.5. The van der Waals surface area contributed by atoms with Crippen LogP contribution in [0.3, 0.4) is 0 Å². The number of thioether (sulfide) groups is 1. The molecular formula is C20H22ClN3O2S. The second kappa shape index (κ2) is 8.33. The minimum atomic E-state index is -0.0822. The zero-order valence-electron chi connectivity index (χ0n) is 14.8. The van der Waals surface area contributed by atoms with Gasteiger partial charge in [0.1, 0.15) is 6.54 Å². The molecule has 0 radical (unpaired) electrons. The van der Waals surface area contributed by atoms with E-state index in [-0.39, 0.29) is 42.7 Å². The van der Waals surface area contributed by atoms with Crippen LogP contribution < -0.4 is 10.6 Å². The highest BCUT2D eigenvalue weighted by molar-refractivity contribution is 8.00. The number of nitrogens with two attached hydrogens (primary N) is 1. The van der Waals surface area contributed by atoms with Gasteiger partial charge in [-0.05, 0) is 17.7 Å². The van der Waals surface area contributed by atoms with E-state index in [9.17, 15) is 9.59 Å². The van der Waals surface area contributed by atoms with Gasteiger partial charge in [-0.2, -0.15) is 0 Å².